The Balaban J connectivity index is 2.10. The first kappa shape index (κ1) is 9.53. The fraction of sp³-hybridized carbons (Fsp3) is 0.500. The van der Waals surface area contributed by atoms with Crippen LogP contribution in [-0.4, -0.2) is 5.11 Å². The van der Waals surface area contributed by atoms with Crippen LogP contribution in [0, 0.1) is 0 Å². The van der Waals surface area contributed by atoms with Crippen molar-refractivity contribution in [2.45, 2.75) is 38.2 Å². The summed E-state index contributed by atoms with van der Waals surface area (Å²) in [4.78, 5) is 0. The van der Waals surface area contributed by atoms with Crippen molar-refractivity contribution in [1.82, 2.24) is 0 Å². The van der Waals surface area contributed by atoms with Crippen LogP contribution in [0.4, 0.5) is 0 Å². The second-order valence-electron chi connectivity index (χ2n) is 3.84. The van der Waals surface area contributed by atoms with Crippen LogP contribution in [0.15, 0.2) is 34.7 Å². The van der Waals surface area contributed by atoms with Gasteiger partial charge in [-0.25, -0.2) is 0 Å². The third kappa shape index (κ3) is 2.07. The van der Waals surface area contributed by atoms with E-state index in [4.69, 9.17) is 4.42 Å². The largest absolute Gasteiger partial charge is 0.472 e. The lowest BCUT2D eigenvalue weighted by molar-refractivity contribution is 0.209. The molecule has 0 bridgehead atoms. The van der Waals surface area contributed by atoms with Crippen LogP contribution in [-0.2, 0) is 0 Å². The van der Waals surface area contributed by atoms with Crippen LogP contribution in [0.5, 0.6) is 0 Å². The molecule has 0 amide bonds. The number of aliphatic hydroxyl groups excluding tert-OH is 1. The van der Waals surface area contributed by atoms with Gasteiger partial charge in [0, 0.05) is 5.56 Å². The van der Waals surface area contributed by atoms with Crippen LogP contribution in [0.25, 0.3) is 0 Å². The smallest absolute Gasteiger partial charge is 0.103 e. The average molecular weight is 192 g/mol. The average Bonchev–Trinajstić information content (AvgIpc) is 2.59. The zero-order valence-electron chi connectivity index (χ0n) is 8.28. The molecule has 76 valence electrons. The molecule has 1 unspecified atom stereocenters. The molecule has 1 aliphatic carbocycles. The predicted molar refractivity (Wildman–Crippen MR) is 54.8 cm³/mol. The van der Waals surface area contributed by atoms with Crippen LogP contribution < -0.4 is 0 Å². The maximum atomic E-state index is 10.0. The highest BCUT2D eigenvalue weighted by Gasteiger charge is 2.15. The first-order valence-electron chi connectivity index (χ1n) is 5.27. The van der Waals surface area contributed by atoms with Crippen molar-refractivity contribution in [2.24, 2.45) is 0 Å². The van der Waals surface area contributed by atoms with Gasteiger partial charge in [-0.15, -0.1) is 0 Å². The summed E-state index contributed by atoms with van der Waals surface area (Å²) < 4.78 is 4.97. The van der Waals surface area contributed by atoms with Crippen LogP contribution in [0.3, 0.4) is 0 Å². The summed E-state index contributed by atoms with van der Waals surface area (Å²) in [5, 5.41) is 10.0. The summed E-state index contributed by atoms with van der Waals surface area (Å²) in [5.41, 5.74) is 2.03. The van der Waals surface area contributed by atoms with E-state index >= 15 is 0 Å². The van der Waals surface area contributed by atoms with Crippen molar-refractivity contribution in [2.75, 3.05) is 0 Å². The highest BCUT2D eigenvalue weighted by atomic mass is 16.3. The van der Waals surface area contributed by atoms with E-state index < -0.39 is 6.10 Å². The Labute approximate surface area is 84.2 Å². The van der Waals surface area contributed by atoms with Crippen molar-refractivity contribution in [3.05, 3.63) is 35.8 Å². The minimum absolute atomic E-state index is 0.452. The van der Waals surface area contributed by atoms with Crippen LogP contribution in [0.2, 0.25) is 0 Å². The minimum Gasteiger partial charge on any atom is -0.472 e. The molecule has 2 rings (SSSR count). The van der Waals surface area contributed by atoms with Gasteiger partial charge >= 0.3 is 0 Å². The van der Waals surface area contributed by atoms with E-state index in [0.717, 1.165) is 24.0 Å². The van der Waals surface area contributed by atoms with Gasteiger partial charge in [0.1, 0.15) is 6.10 Å². The van der Waals surface area contributed by atoms with Gasteiger partial charge in [-0.2, -0.15) is 0 Å². The van der Waals surface area contributed by atoms with E-state index in [0.29, 0.717) is 0 Å². The molecule has 2 heteroatoms. The SMILES string of the molecule is OC(C1=CCCCCC1)c1ccoc1. The summed E-state index contributed by atoms with van der Waals surface area (Å²) in [7, 11) is 0. The molecule has 0 saturated carbocycles. The lowest BCUT2D eigenvalue weighted by Gasteiger charge is -2.11. The third-order valence-electron chi connectivity index (χ3n) is 2.79. The van der Waals surface area contributed by atoms with Crippen molar-refractivity contribution in [3.8, 4) is 0 Å². The molecule has 0 aromatic carbocycles. The molecule has 0 radical (unpaired) electrons. The molecule has 0 saturated heterocycles. The minimum atomic E-state index is -0.452. The number of furan rings is 1. The van der Waals surface area contributed by atoms with Gasteiger partial charge in [0.15, 0.2) is 0 Å². The molecule has 2 nitrogen and oxygen atoms in total. The number of hydrogen-bond acceptors (Lipinski definition) is 2. The Bertz CT molecular complexity index is 298. The van der Waals surface area contributed by atoms with Gasteiger partial charge in [0.2, 0.25) is 0 Å². The van der Waals surface area contributed by atoms with E-state index in [1.165, 1.54) is 19.3 Å². The molecule has 1 heterocycles. The maximum absolute atomic E-state index is 10.0. The van der Waals surface area contributed by atoms with Crippen molar-refractivity contribution in [1.29, 1.82) is 0 Å². The topological polar surface area (TPSA) is 33.4 Å². The second kappa shape index (κ2) is 4.47. The molecule has 0 aliphatic heterocycles. The standard InChI is InChI=1S/C12H16O2/c13-12(11-7-8-14-9-11)10-5-3-1-2-4-6-10/h5,7-9,12-13H,1-4,6H2. The van der Waals surface area contributed by atoms with Gasteiger partial charge in [0.05, 0.1) is 12.5 Å². The molecule has 1 N–H and O–H groups in total. The number of hydrogen-bond donors (Lipinski definition) is 1. The number of aliphatic hydroxyl groups is 1. The Morgan fingerprint density at radius 1 is 1.29 bits per heavy atom. The fourth-order valence-corrected chi connectivity index (χ4v) is 1.93. The van der Waals surface area contributed by atoms with Crippen molar-refractivity contribution in [3.63, 3.8) is 0 Å². The molecule has 1 aliphatic rings. The van der Waals surface area contributed by atoms with Gasteiger partial charge in [0.25, 0.3) is 0 Å². The number of rotatable bonds is 2. The Kier molecular flexibility index (Phi) is 3.04. The monoisotopic (exact) mass is 192 g/mol. The third-order valence-corrected chi connectivity index (χ3v) is 2.79. The van der Waals surface area contributed by atoms with E-state index in [1.54, 1.807) is 12.5 Å². The summed E-state index contributed by atoms with van der Waals surface area (Å²) in [5.74, 6) is 0. The predicted octanol–water partition coefficient (Wildman–Crippen LogP) is 3.20. The van der Waals surface area contributed by atoms with Crippen molar-refractivity contribution >= 4 is 0 Å². The first-order valence-corrected chi connectivity index (χ1v) is 5.27. The molecule has 1 aromatic heterocycles. The Morgan fingerprint density at radius 2 is 2.21 bits per heavy atom. The van der Waals surface area contributed by atoms with E-state index in [-0.39, 0.29) is 0 Å². The zero-order chi connectivity index (χ0) is 9.80. The summed E-state index contributed by atoms with van der Waals surface area (Å²) >= 11 is 0. The summed E-state index contributed by atoms with van der Waals surface area (Å²) in [6, 6.07) is 1.83. The van der Waals surface area contributed by atoms with Gasteiger partial charge in [-0.1, -0.05) is 12.5 Å². The van der Waals surface area contributed by atoms with E-state index in [1.807, 2.05) is 6.07 Å². The van der Waals surface area contributed by atoms with Crippen molar-refractivity contribution < 1.29 is 9.52 Å². The quantitative estimate of drug-likeness (QED) is 0.730. The maximum Gasteiger partial charge on any atom is 0.103 e. The molecule has 1 atom stereocenters. The van der Waals surface area contributed by atoms with Gasteiger partial charge in [-0.05, 0) is 37.3 Å². The van der Waals surface area contributed by atoms with Gasteiger partial charge in [-0.3, -0.25) is 0 Å². The Morgan fingerprint density at radius 3 is 3.00 bits per heavy atom. The summed E-state index contributed by atoms with van der Waals surface area (Å²) in [6.07, 6.45) is 10.8. The molecular formula is C12H16O2. The number of allylic oxidation sites excluding steroid dienone is 1. The highest BCUT2D eigenvalue weighted by molar-refractivity contribution is 5.22. The van der Waals surface area contributed by atoms with Crippen LogP contribution >= 0.6 is 0 Å². The molecule has 14 heavy (non-hydrogen) atoms. The second-order valence-corrected chi connectivity index (χ2v) is 3.84. The molecule has 0 spiro atoms. The first-order chi connectivity index (χ1) is 6.88. The van der Waals surface area contributed by atoms with E-state index in [2.05, 4.69) is 6.08 Å². The summed E-state index contributed by atoms with van der Waals surface area (Å²) in [6.45, 7) is 0. The highest BCUT2D eigenvalue weighted by Crippen LogP contribution is 2.28. The fourth-order valence-electron chi connectivity index (χ4n) is 1.93. The molecule has 0 fully saturated rings. The van der Waals surface area contributed by atoms with E-state index in [9.17, 15) is 5.11 Å². The lowest BCUT2D eigenvalue weighted by atomic mass is 10.0. The normalized spacial score (nSPS) is 19.9. The molecular weight excluding hydrogens is 176 g/mol. The lowest BCUT2D eigenvalue weighted by Crippen LogP contribution is -1.99. The van der Waals surface area contributed by atoms with Gasteiger partial charge < -0.3 is 9.52 Å². The molecule has 1 aromatic rings. The Hall–Kier alpha value is -1.02. The van der Waals surface area contributed by atoms with Crippen LogP contribution in [0.1, 0.15) is 43.8 Å². The zero-order valence-corrected chi connectivity index (χ0v) is 8.28.